The van der Waals surface area contributed by atoms with Crippen molar-refractivity contribution in [2.75, 3.05) is 0 Å². The maximum Gasteiger partial charge on any atom is 0.315 e. The fourth-order valence-corrected chi connectivity index (χ4v) is 2.35. The highest BCUT2D eigenvalue weighted by Gasteiger charge is 2.25. The molecular formula is C13H27N3O. The minimum Gasteiger partial charge on any atom is -0.335 e. The highest BCUT2D eigenvalue weighted by molar-refractivity contribution is 5.74. The van der Waals surface area contributed by atoms with E-state index in [4.69, 9.17) is 5.73 Å². The van der Waals surface area contributed by atoms with Gasteiger partial charge in [0.25, 0.3) is 0 Å². The van der Waals surface area contributed by atoms with Crippen LogP contribution in [-0.2, 0) is 0 Å². The number of urea groups is 1. The van der Waals surface area contributed by atoms with Crippen molar-refractivity contribution >= 4 is 6.03 Å². The van der Waals surface area contributed by atoms with Gasteiger partial charge in [-0.2, -0.15) is 0 Å². The Balaban J connectivity index is 2.29. The molecule has 0 aromatic heterocycles. The van der Waals surface area contributed by atoms with Crippen LogP contribution in [0.25, 0.3) is 0 Å². The summed E-state index contributed by atoms with van der Waals surface area (Å²) in [5.74, 6) is 0.624. The van der Waals surface area contributed by atoms with E-state index >= 15 is 0 Å². The minimum absolute atomic E-state index is 0.0539. The van der Waals surface area contributed by atoms with Crippen molar-refractivity contribution in [3.63, 3.8) is 0 Å². The van der Waals surface area contributed by atoms with Crippen LogP contribution in [-0.4, -0.2) is 23.7 Å². The summed E-state index contributed by atoms with van der Waals surface area (Å²) >= 11 is 0. The first-order chi connectivity index (χ1) is 7.78. The lowest BCUT2D eigenvalue weighted by Crippen LogP contribution is -2.50. The van der Waals surface area contributed by atoms with Gasteiger partial charge in [0.05, 0.1) is 0 Å². The lowest BCUT2D eigenvalue weighted by atomic mass is 9.82. The summed E-state index contributed by atoms with van der Waals surface area (Å²) in [5.41, 5.74) is 5.72. The second-order valence-electron chi connectivity index (χ2n) is 6.32. The number of hydrogen-bond donors (Lipinski definition) is 3. The van der Waals surface area contributed by atoms with E-state index in [-0.39, 0.29) is 17.6 Å². The number of rotatable bonds is 2. The Kier molecular flexibility index (Phi) is 4.80. The molecule has 0 aliphatic heterocycles. The normalized spacial score (nSPS) is 27.4. The number of hydrogen-bond acceptors (Lipinski definition) is 2. The molecule has 0 spiro atoms. The average molecular weight is 241 g/mol. The third-order valence-electron chi connectivity index (χ3n) is 3.34. The van der Waals surface area contributed by atoms with Crippen LogP contribution < -0.4 is 16.4 Å². The molecule has 0 bridgehead atoms. The summed E-state index contributed by atoms with van der Waals surface area (Å²) in [6.45, 7) is 8.03. The zero-order valence-corrected chi connectivity index (χ0v) is 11.5. The third-order valence-corrected chi connectivity index (χ3v) is 3.34. The van der Waals surface area contributed by atoms with E-state index in [2.05, 4.69) is 17.6 Å². The monoisotopic (exact) mass is 241 g/mol. The maximum absolute atomic E-state index is 11.7. The summed E-state index contributed by atoms with van der Waals surface area (Å²) < 4.78 is 0. The number of nitrogens with one attached hydrogen (secondary N) is 2. The molecule has 4 heteroatoms. The van der Waals surface area contributed by atoms with Gasteiger partial charge in [-0.15, -0.1) is 0 Å². The van der Waals surface area contributed by atoms with Crippen molar-refractivity contribution in [1.82, 2.24) is 10.6 Å². The molecule has 4 N–H and O–H groups in total. The standard InChI is InChI=1S/C13H27N3O/c1-9(14)10-5-7-11(8-6-10)15-12(17)16-13(2,3)4/h9-11H,5-8,14H2,1-4H3,(H2,15,16,17). The van der Waals surface area contributed by atoms with E-state index in [1.807, 2.05) is 20.8 Å². The smallest absolute Gasteiger partial charge is 0.315 e. The Hall–Kier alpha value is -0.770. The molecule has 1 unspecified atom stereocenters. The second-order valence-corrected chi connectivity index (χ2v) is 6.32. The van der Waals surface area contributed by atoms with Crippen LogP contribution in [0.1, 0.15) is 53.4 Å². The zero-order chi connectivity index (χ0) is 13.1. The van der Waals surface area contributed by atoms with Gasteiger partial charge in [-0.05, 0) is 59.3 Å². The molecule has 0 radical (unpaired) electrons. The molecule has 1 aliphatic carbocycles. The first-order valence-electron chi connectivity index (χ1n) is 6.62. The summed E-state index contributed by atoms with van der Waals surface area (Å²) in [7, 11) is 0. The van der Waals surface area contributed by atoms with Crippen LogP contribution in [0.2, 0.25) is 0 Å². The molecule has 0 saturated heterocycles. The van der Waals surface area contributed by atoms with Gasteiger partial charge >= 0.3 is 6.03 Å². The first kappa shape index (κ1) is 14.3. The fourth-order valence-electron chi connectivity index (χ4n) is 2.35. The van der Waals surface area contributed by atoms with Crippen molar-refractivity contribution < 1.29 is 4.79 Å². The van der Waals surface area contributed by atoms with Gasteiger partial charge < -0.3 is 16.4 Å². The van der Waals surface area contributed by atoms with Gasteiger partial charge in [-0.3, -0.25) is 0 Å². The molecule has 1 rings (SSSR count). The molecule has 4 nitrogen and oxygen atoms in total. The Bertz CT molecular complexity index is 250. The molecule has 0 aromatic rings. The van der Waals surface area contributed by atoms with Gasteiger partial charge in [0.2, 0.25) is 0 Å². The van der Waals surface area contributed by atoms with Crippen molar-refractivity contribution in [3.8, 4) is 0 Å². The van der Waals surface area contributed by atoms with Crippen molar-refractivity contribution in [3.05, 3.63) is 0 Å². The Labute approximate surface area is 105 Å². The number of nitrogens with two attached hydrogens (primary N) is 1. The van der Waals surface area contributed by atoms with E-state index < -0.39 is 0 Å². The maximum atomic E-state index is 11.7. The van der Waals surface area contributed by atoms with E-state index in [1.54, 1.807) is 0 Å². The van der Waals surface area contributed by atoms with Crippen LogP contribution in [0.4, 0.5) is 4.79 Å². The summed E-state index contributed by atoms with van der Waals surface area (Å²) in [4.78, 5) is 11.7. The topological polar surface area (TPSA) is 67.1 Å². The quantitative estimate of drug-likeness (QED) is 0.692. The lowest BCUT2D eigenvalue weighted by Gasteiger charge is -2.32. The average Bonchev–Trinajstić information content (AvgIpc) is 2.15. The number of amides is 2. The van der Waals surface area contributed by atoms with Crippen LogP contribution in [0.5, 0.6) is 0 Å². The van der Waals surface area contributed by atoms with Crippen molar-refractivity contribution in [1.29, 1.82) is 0 Å². The van der Waals surface area contributed by atoms with E-state index in [0.29, 0.717) is 12.0 Å². The summed E-state index contributed by atoms with van der Waals surface area (Å²) in [5, 5.41) is 5.97. The third kappa shape index (κ3) is 5.39. The summed E-state index contributed by atoms with van der Waals surface area (Å²) in [6, 6.07) is 0.536. The fraction of sp³-hybridized carbons (Fsp3) is 0.923. The Morgan fingerprint density at radius 3 is 2.18 bits per heavy atom. The van der Waals surface area contributed by atoms with Crippen LogP contribution in [0.3, 0.4) is 0 Å². The highest BCUT2D eigenvalue weighted by atomic mass is 16.2. The van der Waals surface area contributed by atoms with Gasteiger partial charge in [0.15, 0.2) is 0 Å². The van der Waals surface area contributed by atoms with E-state index in [0.717, 1.165) is 25.7 Å². The van der Waals surface area contributed by atoms with Gasteiger partial charge in [0, 0.05) is 17.6 Å². The molecule has 0 heterocycles. The predicted molar refractivity (Wildman–Crippen MR) is 70.8 cm³/mol. The largest absolute Gasteiger partial charge is 0.335 e. The second kappa shape index (κ2) is 5.71. The molecular weight excluding hydrogens is 214 g/mol. The lowest BCUT2D eigenvalue weighted by molar-refractivity contribution is 0.216. The minimum atomic E-state index is -0.174. The van der Waals surface area contributed by atoms with Crippen molar-refractivity contribution in [2.24, 2.45) is 11.7 Å². The molecule has 1 fully saturated rings. The van der Waals surface area contributed by atoms with E-state index in [9.17, 15) is 4.79 Å². The predicted octanol–water partition coefficient (Wildman–Crippen LogP) is 1.99. The SMILES string of the molecule is CC(N)C1CCC(NC(=O)NC(C)(C)C)CC1. The van der Waals surface area contributed by atoms with Crippen LogP contribution in [0, 0.1) is 5.92 Å². The van der Waals surface area contributed by atoms with Gasteiger partial charge in [0.1, 0.15) is 0 Å². The first-order valence-corrected chi connectivity index (χ1v) is 6.62. The molecule has 1 aliphatic rings. The molecule has 17 heavy (non-hydrogen) atoms. The molecule has 2 amide bonds. The Morgan fingerprint density at radius 2 is 1.76 bits per heavy atom. The van der Waals surface area contributed by atoms with Gasteiger partial charge in [-0.1, -0.05) is 0 Å². The van der Waals surface area contributed by atoms with Crippen molar-refractivity contribution in [2.45, 2.75) is 71.0 Å². The molecule has 0 aromatic carbocycles. The highest BCUT2D eigenvalue weighted by Crippen LogP contribution is 2.26. The molecule has 100 valence electrons. The van der Waals surface area contributed by atoms with Gasteiger partial charge in [-0.25, -0.2) is 4.79 Å². The number of carbonyl (C=O) groups is 1. The molecule has 1 saturated carbocycles. The zero-order valence-electron chi connectivity index (χ0n) is 11.5. The number of carbonyl (C=O) groups excluding carboxylic acids is 1. The Morgan fingerprint density at radius 1 is 1.24 bits per heavy atom. The summed E-state index contributed by atoms with van der Waals surface area (Å²) in [6.07, 6.45) is 4.34. The molecule has 1 atom stereocenters. The van der Waals surface area contributed by atoms with E-state index in [1.165, 1.54) is 0 Å². The van der Waals surface area contributed by atoms with Crippen LogP contribution >= 0.6 is 0 Å². The van der Waals surface area contributed by atoms with Crippen LogP contribution in [0.15, 0.2) is 0 Å².